The minimum Gasteiger partial charge on any atom is -0.497 e. The lowest BCUT2D eigenvalue weighted by atomic mass is 10.1. The minimum absolute atomic E-state index is 0.0620. The van der Waals surface area contributed by atoms with Gasteiger partial charge in [0.25, 0.3) is 0 Å². The summed E-state index contributed by atoms with van der Waals surface area (Å²) in [5.41, 5.74) is 2.81. The number of rotatable bonds is 12. The highest BCUT2D eigenvalue weighted by molar-refractivity contribution is 5.65. The van der Waals surface area contributed by atoms with Crippen LogP contribution in [-0.2, 0) is 13.2 Å². The van der Waals surface area contributed by atoms with Crippen molar-refractivity contribution >= 4 is 0 Å². The first-order valence-corrected chi connectivity index (χ1v) is 11.2. The number of aliphatic hydroxyl groups is 1. The van der Waals surface area contributed by atoms with E-state index in [2.05, 4.69) is 10.5 Å². The molecule has 7 nitrogen and oxygen atoms in total. The van der Waals surface area contributed by atoms with Crippen molar-refractivity contribution < 1.29 is 28.2 Å². The molecule has 1 heterocycles. The summed E-state index contributed by atoms with van der Waals surface area (Å²) in [6, 6.07) is 21.4. The SMILES string of the molecule is COc1ccc(CNC[C@H](O)COc2ccc(-c3nocc3OCc3ccccc3F)cc2)cc1. The summed E-state index contributed by atoms with van der Waals surface area (Å²) in [4.78, 5) is 0. The maximum Gasteiger partial charge on any atom is 0.187 e. The van der Waals surface area contributed by atoms with Crippen LogP contribution in [0.4, 0.5) is 4.39 Å². The van der Waals surface area contributed by atoms with E-state index in [9.17, 15) is 9.50 Å². The molecule has 0 saturated heterocycles. The monoisotopic (exact) mass is 478 g/mol. The second-order valence-electron chi connectivity index (χ2n) is 7.88. The number of hydrogen-bond acceptors (Lipinski definition) is 7. The van der Waals surface area contributed by atoms with Crippen molar-refractivity contribution in [3.8, 4) is 28.5 Å². The highest BCUT2D eigenvalue weighted by atomic mass is 19.1. The Balaban J connectivity index is 1.24. The van der Waals surface area contributed by atoms with E-state index in [-0.39, 0.29) is 19.0 Å². The summed E-state index contributed by atoms with van der Waals surface area (Å²) in [6.45, 7) is 1.24. The first-order chi connectivity index (χ1) is 17.1. The van der Waals surface area contributed by atoms with Crippen LogP contribution < -0.4 is 19.5 Å². The van der Waals surface area contributed by atoms with E-state index in [1.807, 2.05) is 36.4 Å². The minimum atomic E-state index is -0.665. The van der Waals surface area contributed by atoms with Gasteiger partial charge in [-0.05, 0) is 48.0 Å². The highest BCUT2D eigenvalue weighted by Crippen LogP contribution is 2.30. The molecule has 8 heteroatoms. The van der Waals surface area contributed by atoms with E-state index in [1.54, 1.807) is 37.4 Å². The van der Waals surface area contributed by atoms with E-state index in [4.69, 9.17) is 18.7 Å². The third-order valence-electron chi connectivity index (χ3n) is 5.32. The molecule has 3 aromatic carbocycles. The molecule has 0 aliphatic heterocycles. The first-order valence-electron chi connectivity index (χ1n) is 11.2. The average molecular weight is 479 g/mol. The summed E-state index contributed by atoms with van der Waals surface area (Å²) >= 11 is 0. The van der Waals surface area contributed by atoms with E-state index in [0.717, 1.165) is 16.9 Å². The number of nitrogens with zero attached hydrogens (tertiary/aromatic N) is 1. The standard InChI is InChI=1S/C27H27FN2O5/c1-32-23-10-6-19(7-11-23)14-29-15-22(31)17-33-24-12-8-20(9-13-24)27-26(18-35-30-27)34-16-21-4-2-3-5-25(21)28/h2-13,18,22,29,31H,14-17H2,1H3/t22-/m0/s1. The number of ether oxygens (including phenoxy) is 3. The second-order valence-corrected chi connectivity index (χ2v) is 7.88. The predicted octanol–water partition coefficient (Wildman–Crippen LogP) is 4.60. The normalized spacial score (nSPS) is 11.7. The largest absolute Gasteiger partial charge is 0.497 e. The van der Waals surface area contributed by atoms with Gasteiger partial charge in [0.15, 0.2) is 17.7 Å². The molecule has 0 aliphatic rings. The molecular weight excluding hydrogens is 451 g/mol. The van der Waals surface area contributed by atoms with E-state index >= 15 is 0 Å². The molecule has 1 aromatic heterocycles. The molecule has 2 N–H and O–H groups in total. The molecule has 0 amide bonds. The van der Waals surface area contributed by atoms with Gasteiger partial charge in [-0.15, -0.1) is 0 Å². The van der Waals surface area contributed by atoms with Gasteiger partial charge in [-0.3, -0.25) is 0 Å². The average Bonchev–Trinajstić information content (AvgIpc) is 3.36. The number of aromatic nitrogens is 1. The molecule has 0 bridgehead atoms. The summed E-state index contributed by atoms with van der Waals surface area (Å²) in [5.74, 6) is 1.51. The van der Waals surface area contributed by atoms with Gasteiger partial charge in [0.05, 0.1) is 7.11 Å². The predicted molar refractivity (Wildman–Crippen MR) is 129 cm³/mol. The Morgan fingerprint density at radius 3 is 2.46 bits per heavy atom. The first kappa shape index (κ1) is 24.3. The van der Waals surface area contributed by atoms with Crippen LogP contribution in [0.1, 0.15) is 11.1 Å². The van der Waals surface area contributed by atoms with Crippen LogP contribution >= 0.6 is 0 Å². The summed E-state index contributed by atoms with van der Waals surface area (Å²) < 4.78 is 35.5. The quantitative estimate of drug-likeness (QED) is 0.308. The third kappa shape index (κ3) is 6.81. The van der Waals surface area contributed by atoms with Gasteiger partial charge in [0.2, 0.25) is 0 Å². The van der Waals surface area contributed by atoms with Crippen LogP contribution in [0.25, 0.3) is 11.3 Å². The van der Waals surface area contributed by atoms with E-state index < -0.39 is 6.10 Å². The Labute approximate surface area is 203 Å². The number of nitrogens with one attached hydrogen (secondary N) is 1. The molecule has 4 aromatic rings. The molecule has 4 rings (SSSR count). The van der Waals surface area contributed by atoms with Crippen molar-refractivity contribution in [3.05, 3.63) is 96.0 Å². The number of benzene rings is 3. The number of hydrogen-bond donors (Lipinski definition) is 2. The number of halogens is 1. The maximum atomic E-state index is 13.8. The van der Waals surface area contributed by atoms with Crippen molar-refractivity contribution in [3.63, 3.8) is 0 Å². The van der Waals surface area contributed by atoms with Gasteiger partial charge in [0, 0.05) is 24.2 Å². The van der Waals surface area contributed by atoms with Crippen molar-refractivity contribution in [1.29, 1.82) is 0 Å². The zero-order chi connectivity index (χ0) is 24.5. The van der Waals surface area contributed by atoms with Crippen molar-refractivity contribution in [2.45, 2.75) is 19.3 Å². The summed E-state index contributed by atoms with van der Waals surface area (Å²) in [5, 5.41) is 17.4. The van der Waals surface area contributed by atoms with Crippen molar-refractivity contribution in [2.75, 3.05) is 20.3 Å². The van der Waals surface area contributed by atoms with E-state index in [0.29, 0.717) is 35.8 Å². The van der Waals surface area contributed by atoms with Crippen LogP contribution in [0, 0.1) is 5.82 Å². The molecule has 0 saturated carbocycles. The van der Waals surface area contributed by atoms with Crippen molar-refractivity contribution in [1.82, 2.24) is 10.5 Å². The number of aliphatic hydroxyl groups excluding tert-OH is 1. The Morgan fingerprint density at radius 2 is 1.71 bits per heavy atom. The molecule has 0 radical (unpaired) electrons. The summed E-state index contributed by atoms with van der Waals surface area (Å²) in [7, 11) is 1.63. The molecule has 0 unspecified atom stereocenters. The fourth-order valence-corrected chi connectivity index (χ4v) is 3.38. The molecule has 1 atom stereocenters. The molecule has 0 fully saturated rings. The maximum absolute atomic E-state index is 13.8. The van der Waals surface area contributed by atoms with Gasteiger partial charge in [-0.1, -0.05) is 35.5 Å². The third-order valence-corrected chi connectivity index (χ3v) is 5.32. The van der Waals surface area contributed by atoms with Gasteiger partial charge in [-0.2, -0.15) is 0 Å². The topological polar surface area (TPSA) is 86.0 Å². The summed E-state index contributed by atoms with van der Waals surface area (Å²) in [6.07, 6.45) is 0.720. The highest BCUT2D eigenvalue weighted by Gasteiger charge is 2.13. The fourth-order valence-electron chi connectivity index (χ4n) is 3.38. The van der Waals surface area contributed by atoms with Gasteiger partial charge in [-0.25, -0.2) is 4.39 Å². The van der Waals surface area contributed by atoms with Crippen molar-refractivity contribution in [2.24, 2.45) is 0 Å². The van der Waals surface area contributed by atoms with Crippen LogP contribution in [0.5, 0.6) is 17.2 Å². The lowest BCUT2D eigenvalue weighted by Gasteiger charge is -2.14. The lowest BCUT2D eigenvalue weighted by molar-refractivity contribution is 0.106. The van der Waals surface area contributed by atoms with Crippen LogP contribution in [0.15, 0.2) is 83.6 Å². The van der Waals surface area contributed by atoms with Crippen LogP contribution in [-0.4, -0.2) is 36.6 Å². The Bertz CT molecular complexity index is 1190. The molecule has 182 valence electrons. The van der Waals surface area contributed by atoms with Gasteiger partial charge < -0.3 is 29.2 Å². The zero-order valence-electron chi connectivity index (χ0n) is 19.3. The smallest absolute Gasteiger partial charge is 0.187 e. The Kier molecular flexibility index (Phi) is 8.32. The van der Waals surface area contributed by atoms with Gasteiger partial charge in [0.1, 0.15) is 36.6 Å². The van der Waals surface area contributed by atoms with Gasteiger partial charge >= 0.3 is 0 Å². The van der Waals surface area contributed by atoms with E-state index in [1.165, 1.54) is 12.3 Å². The fraction of sp³-hybridized carbons (Fsp3) is 0.222. The molecule has 0 spiro atoms. The Morgan fingerprint density at radius 1 is 0.971 bits per heavy atom. The zero-order valence-corrected chi connectivity index (χ0v) is 19.3. The lowest BCUT2D eigenvalue weighted by Crippen LogP contribution is -2.31. The Hall–Kier alpha value is -3.88. The second kappa shape index (κ2) is 12.0. The molecule has 0 aliphatic carbocycles. The molecule has 35 heavy (non-hydrogen) atoms. The molecular formula is C27H27FN2O5. The number of methoxy groups -OCH3 is 1. The van der Waals surface area contributed by atoms with Crippen LogP contribution in [0.2, 0.25) is 0 Å². The van der Waals surface area contributed by atoms with Crippen LogP contribution in [0.3, 0.4) is 0 Å².